The van der Waals surface area contributed by atoms with E-state index in [0.29, 0.717) is 19.4 Å². The van der Waals surface area contributed by atoms with E-state index in [-0.39, 0.29) is 12.5 Å². The normalized spacial score (nSPS) is 29.2. The van der Waals surface area contributed by atoms with Gasteiger partial charge in [-0.15, -0.1) is 0 Å². The smallest absolute Gasteiger partial charge is 0.129 e. The zero-order chi connectivity index (χ0) is 12.1. The van der Waals surface area contributed by atoms with Crippen molar-refractivity contribution in [3.05, 3.63) is 35.9 Å². The highest BCUT2D eigenvalue weighted by Gasteiger charge is 2.29. The Morgan fingerprint density at radius 3 is 2.71 bits per heavy atom. The van der Waals surface area contributed by atoms with Crippen molar-refractivity contribution >= 4 is 0 Å². The predicted molar refractivity (Wildman–Crippen MR) is 64.6 cm³/mol. The van der Waals surface area contributed by atoms with Crippen molar-refractivity contribution in [2.24, 2.45) is 0 Å². The van der Waals surface area contributed by atoms with Crippen LogP contribution in [0.1, 0.15) is 24.8 Å². The fraction of sp³-hybridized carbons (Fsp3) is 0.571. The third-order valence-corrected chi connectivity index (χ3v) is 3.25. The molecule has 2 nitrogen and oxygen atoms in total. The molecule has 1 aromatic carbocycles. The van der Waals surface area contributed by atoms with Crippen molar-refractivity contribution < 1.29 is 14.2 Å². The van der Waals surface area contributed by atoms with Crippen LogP contribution >= 0.6 is 0 Å². The van der Waals surface area contributed by atoms with Gasteiger partial charge in [-0.1, -0.05) is 30.3 Å². The molecule has 3 heteroatoms. The lowest BCUT2D eigenvalue weighted by Gasteiger charge is -2.29. The molecular formula is C14H19FO2. The molecule has 0 heterocycles. The highest BCUT2D eigenvalue weighted by atomic mass is 19.1. The molecule has 1 aliphatic rings. The molecule has 0 amide bonds. The van der Waals surface area contributed by atoms with Crippen LogP contribution in [0.15, 0.2) is 30.3 Å². The maximum Gasteiger partial charge on any atom is 0.129 e. The van der Waals surface area contributed by atoms with Gasteiger partial charge in [0.1, 0.15) is 6.17 Å². The first kappa shape index (κ1) is 12.5. The number of benzene rings is 1. The first-order valence-corrected chi connectivity index (χ1v) is 6.23. The third-order valence-electron chi connectivity index (χ3n) is 3.25. The fourth-order valence-corrected chi connectivity index (χ4v) is 2.23. The van der Waals surface area contributed by atoms with E-state index in [1.165, 1.54) is 5.56 Å². The molecule has 1 saturated carbocycles. The van der Waals surface area contributed by atoms with Crippen molar-refractivity contribution in [1.82, 2.24) is 0 Å². The van der Waals surface area contributed by atoms with E-state index < -0.39 is 12.3 Å². The van der Waals surface area contributed by atoms with E-state index in [1.807, 2.05) is 30.3 Å². The Hall–Kier alpha value is -0.930. The molecule has 0 aliphatic heterocycles. The van der Waals surface area contributed by atoms with Crippen LogP contribution in [0.25, 0.3) is 0 Å². The van der Waals surface area contributed by atoms with Gasteiger partial charge in [0.15, 0.2) is 0 Å². The van der Waals surface area contributed by atoms with E-state index in [4.69, 9.17) is 4.74 Å². The first-order chi connectivity index (χ1) is 8.25. The molecule has 0 unspecified atom stereocenters. The lowest BCUT2D eigenvalue weighted by atomic mass is 9.93. The molecule has 1 N–H and O–H groups in total. The standard InChI is InChI=1S/C14H19FO2/c15-13-10-12(16)6-7-14(13)17-9-8-11-4-2-1-3-5-11/h1-5,12-14,16H,6-10H2/t12-,13+,14+/m1/s1. The zero-order valence-corrected chi connectivity index (χ0v) is 9.89. The molecule has 2 rings (SSSR count). The number of alkyl halides is 1. The maximum absolute atomic E-state index is 13.5. The highest BCUT2D eigenvalue weighted by Crippen LogP contribution is 2.24. The Morgan fingerprint density at radius 2 is 2.00 bits per heavy atom. The summed E-state index contributed by atoms with van der Waals surface area (Å²) in [6, 6.07) is 10.0. The number of hydrogen-bond donors (Lipinski definition) is 1. The minimum absolute atomic E-state index is 0.218. The SMILES string of the molecule is O[C@@H]1CC[C@H](OCCc2ccccc2)[C@@H](F)C1. The molecule has 0 radical (unpaired) electrons. The number of rotatable bonds is 4. The highest BCUT2D eigenvalue weighted by molar-refractivity contribution is 5.14. The van der Waals surface area contributed by atoms with E-state index in [1.54, 1.807) is 0 Å². The monoisotopic (exact) mass is 238 g/mol. The summed E-state index contributed by atoms with van der Waals surface area (Å²) in [5, 5.41) is 9.31. The molecule has 0 bridgehead atoms. The average molecular weight is 238 g/mol. The van der Waals surface area contributed by atoms with Gasteiger partial charge in [0.25, 0.3) is 0 Å². The second-order valence-electron chi connectivity index (χ2n) is 4.63. The van der Waals surface area contributed by atoms with E-state index in [9.17, 15) is 9.50 Å². The van der Waals surface area contributed by atoms with Gasteiger partial charge in [-0.3, -0.25) is 0 Å². The van der Waals surface area contributed by atoms with Gasteiger partial charge in [-0.25, -0.2) is 4.39 Å². The van der Waals surface area contributed by atoms with Crippen molar-refractivity contribution in [2.45, 2.75) is 44.1 Å². The number of ether oxygens (including phenoxy) is 1. The molecule has 0 spiro atoms. The van der Waals surface area contributed by atoms with Gasteiger partial charge >= 0.3 is 0 Å². The van der Waals surface area contributed by atoms with Gasteiger partial charge < -0.3 is 9.84 Å². The summed E-state index contributed by atoms with van der Waals surface area (Å²) in [5.41, 5.74) is 1.21. The topological polar surface area (TPSA) is 29.5 Å². The van der Waals surface area contributed by atoms with Gasteiger partial charge in [0.05, 0.1) is 18.8 Å². The molecule has 1 fully saturated rings. The minimum atomic E-state index is -1.02. The number of aliphatic hydroxyl groups is 1. The van der Waals surface area contributed by atoms with Crippen LogP contribution < -0.4 is 0 Å². The average Bonchev–Trinajstić information content (AvgIpc) is 2.33. The summed E-state index contributed by atoms with van der Waals surface area (Å²) in [5.74, 6) is 0. The molecule has 94 valence electrons. The molecule has 1 aromatic rings. The Balaban J connectivity index is 1.72. The Morgan fingerprint density at radius 1 is 1.24 bits per heavy atom. The van der Waals surface area contributed by atoms with E-state index in [2.05, 4.69) is 0 Å². The summed E-state index contributed by atoms with van der Waals surface area (Å²) < 4.78 is 19.1. The third kappa shape index (κ3) is 3.79. The summed E-state index contributed by atoms with van der Waals surface area (Å²) in [4.78, 5) is 0. The Bertz CT molecular complexity index is 328. The van der Waals surface area contributed by atoms with Crippen molar-refractivity contribution in [3.8, 4) is 0 Å². The van der Waals surface area contributed by atoms with Crippen LogP contribution in [0.3, 0.4) is 0 Å². The van der Waals surface area contributed by atoms with Crippen LogP contribution in [0.2, 0.25) is 0 Å². The molecule has 1 aliphatic carbocycles. The first-order valence-electron chi connectivity index (χ1n) is 6.23. The van der Waals surface area contributed by atoms with Crippen LogP contribution in [0.4, 0.5) is 4.39 Å². The van der Waals surface area contributed by atoms with Crippen LogP contribution in [-0.2, 0) is 11.2 Å². The molecule has 17 heavy (non-hydrogen) atoms. The van der Waals surface area contributed by atoms with E-state index in [0.717, 1.165) is 6.42 Å². The van der Waals surface area contributed by atoms with Crippen LogP contribution in [0, 0.1) is 0 Å². The van der Waals surface area contributed by atoms with Gasteiger partial charge in [-0.05, 0) is 24.8 Å². The maximum atomic E-state index is 13.5. The summed E-state index contributed by atoms with van der Waals surface area (Å²) in [7, 11) is 0. The molecule has 0 saturated heterocycles. The number of aliphatic hydroxyl groups excluding tert-OH is 1. The summed E-state index contributed by atoms with van der Waals surface area (Å²) in [6.45, 7) is 0.547. The minimum Gasteiger partial charge on any atom is -0.393 e. The van der Waals surface area contributed by atoms with E-state index >= 15 is 0 Å². The lowest BCUT2D eigenvalue weighted by Crippen LogP contribution is -2.35. The number of halogens is 1. The predicted octanol–water partition coefficient (Wildman–Crippen LogP) is 2.50. The van der Waals surface area contributed by atoms with Crippen molar-refractivity contribution in [1.29, 1.82) is 0 Å². The summed E-state index contributed by atoms with van der Waals surface area (Å²) >= 11 is 0. The van der Waals surface area contributed by atoms with Gasteiger partial charge in [-0.2, -0.15) is 0 Å². The zero-order valence-electron chi connectivity index (χ0n) is 9.89. The van der Waals surface area contributed by atoms with Crippen molar-refractivity contribution in [3.63, 3.8) is 0 Å². The molecular weight excluding hydrogens is 219 g/mol. The van der Waals surface area contributed by atoms with Crippen molar-refractivity contribution in [2.75, 3.05) is 6.61 Å². The lowest BCUT2D eigenvalue weighted by molar-refractivity contribution is -0.0533. The second kappa shape index (κ2) is 6.12. The quantitative estimate of drug-likeness (QED) is 0.873. The molecule has 3 atom stereocenters. The van der Waals surface area contributed by atoms with Crippen LogP contribution in [-0.4, -0.2) is 30.1 Å². The molecule has 0 aromatic heterocycles. The van der Waals surface area contributed by atoms with Gasteiger partial charge in [0.2, 0.25) is 0 Å². The fourth-order valence-electron chi connectivity index (χ4n) is 2.23. The van der Waals surface area contributed by atoms with Crippen LogP contribution in [0.5, 0.6) is 0 Å². The second-order valence-corrected chi connectivity index (χ2v) is 4.63. The number of hydrogen-bond acceptors (Lipinski definition) is 2. The summed E-state index contributed by atoms with van der Waals surface area (Å²) in [6.07, 6.45) is 0.464. The van der Waals surface area contributed by atoms with Gasteiger partial charge in [0, 0.05) is 6.42 Å². The largest absolute Gasteiger partial charge is 0.393 e. The Labute approximate surface area is 101 Å². The Kier molecular flexibility index (Phi) is 4.51.